The van der Waals surface area contributed by atoms with E-state index in [0.717, 1.165) is 16.7 Å². The smallest absolute Gasteiger partial charge is 0.207 e. The van der Waals surface area contributed by atoms with Gasteiger partial charge < -0.3 is 0 Å². The number of alkyl halides is 2. The number of rotatable bonds is 6. The number of aryl methyl sites for hydroxylation is 1. The van der Waals surface area contributed by atoms with E-state index in [1.165, 1.54) is 0 Å². The van der Waals surface area contributed by atoms with Crippen LogP contribution in [-0.4, -0.2) is 13.7 Å². The summed E-state index contributed by atoms with van der Waals surface area (Å²) >= 11 is 9.14. The van der Waals surface area contributed by atoms with Crippen molar-refractivity contribution in [1.29, 1.82) is 0 Å². The second-order valence-corrected chi connectivity index (χ2v) is 7.65. The predicted octanol–water partition coefficient (Wildman–Crippen LogP) is 4.15. The Kier molecular flexibility index (Phi) is 6.03. The van der Waals surface area contributed by atoms with E-state index < -0.39 is 10.0 Å². The predicted molar refractivity (Wildman–Crippen MR) is 94.0 cm³/mol. The quantitative estimate of drug-likeness (QED) is 0.738. The molecule has 0 aliphatic rings. The summed E-state index contributed by atoms with van der Waals surface area (Å²) < 4.78 is 27.6. The van der Waals surface area contributed by atoms with Gasteiger partial charge in [0.25, 0.3) is 0 Å². The Balaban J connectivity index is 2.22. The minimum atomic E-state index is -3.56. The number of hydrogen-bond acceptors (Lipinski definition) is 2. The van der Waals surface area contributed by atoms with Gasteiger partial charge in [0.2, 0.25) is 10.0 Å². The topological polar surface area (TPSA) is 46.2 Å². The molecule has 2 aromatic rings. The van der Waals surface area contributed by atoms with Crippen LogP contribution >= 0.6 is 27.5 Å². The van der Waals surface area contributed by atoms with Gasteiger partial charge in [-0.05, 0) is 30.2 Å². The molecule has 0 saturated heterocycles. The first kappa shape index (κ1) is 17.5. The van der Waals surface area contributed by atoms with Crippen molar-refractivity contribution in [2.75, 3.05) is 5.33 Å². The van der Waals surface area contributed by atoms with Gasteiger partial charge >= 0.3 is 0 Å². The fourth-order valence-corrected chi connectivity index (χ4v) is 4.15. The molecule has 0 amide bonds. The summed E-state index contributed by atoms with van der Waals surface area (Å²) in [6.07, 6.45) is 0. The van der Waals surface area contributed by atoms with Crippen molar-refractivity contribution in [2.45, 2.75) is 23.7 Å². The molecular weight excluding hydrogens is 386 g/mol. The van der Waals surface area contributed by atoms with Crippen LogP contribution in [0.5, 0.6) is 0 Å². The Labute approximate surface area is 144 Å². The lowest BCUT2D eigenvalue weighted by atomic mass is 10.1. The van der Waals surface area contributed by atoms with E-state index in [-0.39, 0.29) is 10.9 Å². The Bertz CT molecular complexity index is 715. The van der Waals surface area contributed by atoms with E-state index in [0.29, 0.717) is 11.2 Å². The van der Waals surface area contributed by atoms with Gasteiger partial charge in [0.15, 0.2) is 0 Å². The van der Waals surface area contributed by atoms with E-state index in [9.17, 15) is 8.42 Å². The molecule has 0 fully saturated rings. The third-order valence-corrected chi connectivity index (χ3v) is 5.76. The van der Waals surface area contributed by atoms with Gasteiger partial charge in [-0.15, -0.1) is 11.6 Å². The number of hydrogen-bond donors (Lipinski definition) is 1. The largest absolute Gasteiger partial charge is 0.241 e. The van der Waals surface area contributed by atoms with Gasteiger partial charge in [-0.1, -0.05) is 57.9 Å². The van der Waals surface area contributed by atoms with Crippen LogP contribution in [0.3, 0.4) is 0 Å². The van der Waals surface area contributed by atoms with Gasteiger partial charge in [0.1, 0.15) is 0 Å². The minimum absolute atomic E-state index is 0.265. The lowest BCUT2D eigenvalue weighted by Gasteiger charge is -2.17. The fourth-order valence-electron chi connectivity index (χ4n) is 2.00. The SMILES string of the molecule is Cc1ccc(S(=O)(=O)NC(CBr)c2ccc(CCl)cc2)cc1. The normalized spacial score (nSPS) is 13.0. The molecule has 2 aromatic carbocycles. The van der Waals surface area contributed by atoms with Crippen LogP contribution < -0.4 is 4.72 Å². The standard InChI is InChI=1S/C16H17BrClNO2S/c1-12-2-8-15(9-3-12)22(20,21)19-16(10-17)14-6-4-13(11-18)5-7-14/h2-9,16,19H,10-11H2,1H3. The van der Waals surface area contributed by atoms with Crippen molar-refractivity contribution in [3.8, 4) is 0 Å². The van der Waals surface area contributed by atoms with Crippen LogP contribution in [0, 0.1) is 6.92 Å². The maximum absolute atomic E-state index is 12.5. The summed E-state index contributed by atoms with van der Waals surface area (Å²) in [5.74, 6) is 0.439. The van der Waals surface area contributed by atoms with Crippen LogP contribution in [0.2, 0.25) is 0 Å². The van der Waals surface area contributed by atoms with Crippen molar-refractivity contribution >= 4 is 37.6 Å². The summed E-state index contributed by atoms with van der Waals surface area (Å²) in [7, 11) is -3.56. The van der Waals surface area contributed by atoms with Gasteiger partial charge in [-0.2, -0.15) is 0 Å². The van der Waals surface area contributed by atoms with Crippen molar-refractivity contribution in [1.82, 2.24) is 4.72 Å². The van der Waals surface area contributed by atoms with Gasteiger partial charge in [-0.3, -0.25) is 0 Å². The third-order valence-electron chi connectivity index (χ3n) is 3.32. The molecule has 1 unspecified atom stereocenters. The van der Waals surface area contributed by atoms with E-state index in [2.05, 4.69) is 20.7 Å². The summed E-state index contributed by atoms with van der Waals surface area (Å²) in [6, 6.07) is 14.0. The third kappa shape index (κ3) is 4.32. The Hall–Kier alpha value is -0.880. The highest BCUT2D eigenvalue weighted by Crippen LogP contribution is 2.20. The highest BCUT2D eigenvalue weighted by Gasteiger charge is 2.20. The number of halogens is 2. The maximum atomic E-state index is 12.5. The highest BCUT2D eigenvalue weighted by molar-refractivity contribution is 9.09. The lowest BCUT2D eigenvalue weighted by Crippen LogP contribution is -2.29. The molecule has 0 radical (unpaired) electrons. The fraction of sp³-hybridized carbons (Fsp3) is 0.250. The van der Waals surface area contributed by atoms with Gasteiger partial charge in [-0.25, -0.2) is 13.1 Å². The molecule has 0 bridgehead atoms. The molecule has 0 heterocycles. The summed E-state index contributed by atoms with van der Waals surface area (Å²) in [5.41, 5.74) is 2.91. The molecule has 6 heteroatoms. The number of nitrogens with one attached hydrogen (secondary N) is 1. The first-order valence-corrected chi connectivity index (χ1v) is 9.90. The molecular formula is C16H17BrClNO2S. The van der Waals surface area contributed by atoms with E-state index in [1.54, 1.807) is 24.3 Å². The Morgan fingerprint density at radius 3 is 2.18 bits per heavy atom. The monoisotopic (exact) mass is 401 g/mol. The average molecular weight is 403 g/mol. The Morgan fingerprint density at radius 1 is 1.09 bits per heavy atom. The molecule has 118 valence electrons. The zero-order chi connectivity index (χ0) is 16.2. The van der Waals surface area contributed by atoms with Gasteiger partial charge in [0, 0.05) is 11.2 Å². The summed E-state index contributed by atoms with van der Waals surface area (Å²) in [4.78, 5) is 0.265. The van der Waals surface area contributed by atoms with Crippen LogP contribution in [0.25, 0.3) is 0 Å². The van der Waals surface area contributed by atoms with E-state index in [4.69, 9.17) is 11.6 Å². The number of benzene rings is 2. The van der Waals surface area contributed by atoms with E-state index in [1.807, 2.05) is 31.2 Å². The zero-order valence-electron chi connectivity index (χ0n) is 12.1. The molecule has 22 heavy (non-hydrogen) atoms. The summed E-state index contributed by atoms with van der Waals surface area (Å²) in [5, 5.41) is 0.484. The average Bonchev–Trinajstić information content (AvgIpc) is 2.53. The molecule has 0 spiro atoms. The molecule has 3 nitrogen and oxygen atoms in total. The second kappa shape index (κ2) is 7.59. The second-order valence-electron chi connectivity index (χ2n) is 5.02. The van der Waals surface area contributed by atoms with Crippen molar-refractivity contribution in [3.05, 3.63) is 65.2 Å². The maximum Gasteiger partial charge on any atom is 0.241 e. The molecule has 1 N–H and O–H groups in total. The zero-order valence-corrected chi connectivity index (χ0v) is 15.2. The van der Waals surface area contributed by atoms with Gasteiger partial charge in [0.05, 0.1) is 10.9 Å². The van der Waals surface area contributed by atoms with Crippen LogP contribution in [0.1, 0.15) is 22.7 Å². The van der Waals surface area contributed by atoms with Crippen LogP contribution in [0.15, 0.2) is 53.4 Å². The molecule has 0 aromatic heterocycles. The van der Waals surface area contributed by atoms with Crippen molar-refractivity contribution < 1.29 is 8.42 Å². The first-order valence-electron chi connectivity index (χ1n) is 6.76. The molecule has 2 rings (SSSR count). The molecule has 0 aliphatic carbocycles. The van der Waals surface area contributed by atoms with Crippen LogP contribution in [-0.2, 0) is 15.9 Å². The lowest BCUT2D eigenvalue weighted by molar-refractivity contribution is 0.569. The highest BCUT2D eigenvalue weighted by atomic mass is 79.9. The number of sulfonamides is 1. The molecule has 1 atom stereocenters. The molecule has 0 saturated carbocycles. The van der Waals surface area contributed by atoms with E-state index >= 15 is 0 Å². The van der Waals surface area contributed by atoms with Crippen LogP contribution in [0.4, 0.5) is 0 Å². The molecule has 0 aliphatic heterocycles. The van der Waals surface area contributed by atoms with Crippen molar-refractivity contribution in [2.24, 2.45) is 0 Å². The Morgan fingerprint density at radius 2 is 1.68 bits per heavy atom. The first-order chi connectivity index (χ1) is 10.5. The minimum Gasteiger partial charge on any atom is -0.207 e. The summed E-state index contributed by atoms with van der Waals surface area (Å²) in [6.45, 7) is 1.92. The van der Waals surface area contributed by atoms with Crippen molar-refractivity contribution in [3.63, 3.8) is 0 Å².